The summed E-state index contributed by atoms with van der Waals surface area (Å²) in [5, 5.41) is 0. The molecule has 0 amide bonds. The number of fused-ring (bicyclic) bond motifs is 16. The van der Waals surface area contributed by atoms with E-state index in [1.165, 1.54) is 12.8 Å². The fourth-order valence-corrected chi connectivity index (χ4v) is 7.22. The second-order valence-electron chi connectivity index (χ2n) is 7.47. The zero-order chi connectivity index (χ0) is 10.7. The highest BCUT2D eigenvalue weighted by Crippen LogP contribution is 2.73. The predicted molar refractivity (Wildman–Crippen MR) is 66.0 cm³/mol. The molecule has 6 aliphatic carbocycles. The van der Waals surface area contributed by atoms with Crippen molar-refractivity contribution in [3.05, 3.63) is 29.5 Å². The molecule has 0 saturated heterocycles. The molecule has 6 rings (SSSR count). The summed E-state index contributed by atoms with van der Waals surface area (Å²) in [6, 6.07) is 0. The summed E-state index contributed by atoms with van der Waals surface area (Å²) < 4.78 is 0. The molecule has 9 unspecified atom stereocenters. The fraction of sp³-hybridized carbons (Fsp3) is 0.706. The van der Waals surface area contributed by atoms with Crippen LogP contribution >= 0.6 is 0 Å². The van der Waals surface area contributed by atoms with Gasteiger partial charge in [-0.2, -0.15) is 0 Å². The summed E-state index contributed by atoms with van der Waals surface area (Å²) in [6.45, 7) is 0. The third-order valence-corrected chi connectivity index (χ3v) is 7.32. The molecule has 0 heterocycles. The predicted octanol–water partition coefficient (Wildman–Crippen LogP) is 3.42. The molecule has 9 atom stereocenters. The summed E-state index contributed by atoms with van der Waals surface area (Å²) in [4.78, 5) is 0. The smallest absolute Gasteiger partial charge is 0.00585 e. The third kappa shape index (κ3) is 0.715. The lowest BCUT2D eigenvalue weighted by Gasteiger charge is -2.41. The van der Waals surface area contributed by atoms with E-state index in [1.54, 1.807) is 12.0 Å². The van der Waals surface area contributed by atoms with Gasteiger partial charge >= 0.3 is 0 Å². The summed E-state index contributed by atoms with van der Waals surface area (Å²) in [7, 11) is 0. The first kappa shape index (κ1) is 8.38. The van der Waals surface area contributed by atoms with E-state index in [-0.39, 0.29) is 0 Å². The van der Waals surface area contributed by atoms with Gasteiger partial charge in [-0.25, -0.2) is 0 Å². The van der Waals surface area contributed by atoms with E-state index in [0.29, 0.717) is 0 Å². The number of hydrogen-bond acceptors (Lipinski definition) is 0. The highest BCUT2D eigenvalue weighted by Gasteiger charge is 2.68. The van der Waals surface area contributed by atoms with Gasteiger partial charge in [0.15, 0.2) is 0 Å². The van der Waals surface area contributed by atoms with Crippen LogP contribution in [0.1, 0.15) is 19.3 Å². The Morgan fingerprint density at radius 1 is 0.882 bits per heavy atom. The van der Waals surface area contributed by atoms with Gasteiger partial charge in [-0.05, 0) is 84.2 Å². The molecule has 4 saturated carbocycles. The maximum Gasteiger partial charge on any atom is -0.00585 e. The van der Waals surface area contributed by atoms with Gasteiger partial charge in [-0.1, -0.05) is 12.2 Å². The van der Waals surface area contributed by atoms with Crippen LogP contribution in [0, 0.1) is 53.3 Å². The van der Waals surface area contributed by atoms with Crippen LogP contribution in [0.25, 0.3) is 0 Å². The Balaban J connectivity index is 1.53. The van der Waals surface area contributed by atoms with Gasteiger partial charge in [0.25, 0.3) is 0 Å². The molecular weight excluding hydrogens is 204 g/mol. The van der Waals surface area contributed by atoms with Gasteiger partial charge in [-0.15, -0.1) is 5.73 Å². The van der Waals surface area contributed by atoms with Crippen LogP contribution in [0.3, 0.4) is 0 Å². The first-order chi connectivity index (χ1) is 8.42. The van der Waals surface area contributed by atoms with Crippen molar-refractivity contribution in [1.82, 2.24) is 0 Å². The standard InChI is InChI=1S/C17H18/c1-2-9-5-8(1)14-12-7-13(15(9)14)17-11-4-3-10(6-11)16(12)17/h1-3,8-10,12-17H,5-7H2. The number of rotatable bonds is 0. The fourth-order valence-electron chi connectivity index (χ4n) is 7.22. The second-order valence-corrected chi connectivity index (χ2v) is 7.47. The van der Waals surface area contributed by atoms with Crippen LogP contribution in [0.2, 0.25) is 0 Å². The topological polar surface area (TPSA) is 0 Å². The van der Waals surface area contributed by atoms with E-state index in [0.717, 1.165) is 53.3 Å². The molecule has 0 radical (unpaired) electrons. The molecule has 6 bridgehead atoms. The average molecular weight is 222 g/mol. The van der Waals surface area contributed by atoms with Gasteiger partial charge in [0.2, 0.25) is 0 Å². The summed E-state index contributed by atoms with van der Waals surface area (Å²) in [5.74, 6) is 9.27. The highest BCUT2D eigenvalue weighted by atomic mass is 14.7. The Morgan fingerprint density at radius 2 is 1.71 bits per heavy atom. The highest BCUT2D eigenvalue weighted by molar-refractivity contribution is 5.34. The Labute approximate surface area is 102 Å². The van der Waals surface area contributed by atoms with Crippen molar-refractivity contribution in [2.24, 2.45) is 53.3 Å². The van der Waals surface area contributed by atoms with E-state index < -0.39 is 0 Å². The van der Waals surface area contributed by atoms with Crippen molar-refractivity contribution >= 4 is 0 Å². The van der Waals surface area contributed by atoms with Gasteiger partial charge in [0.1, 0.15) is 0 Å². The van der Waals surface area contributed by atoms with Crippen molar-refractivity contribution in [1.29, 1.82) is 0 Å². The minimum absolute atomic E-state index is 0.911. The normalized spacial score (nSPS) is 66.8. The molecule has 6 aliphatic rings. The largest absolute Gasteiger partial charge is 0.125 e. The van der Waals surface area contributed by atoms with Crippen molar-refractivity contribution in [2.45, 2.75) is 19.3 Å². The maximum atomic E-state index is 3.61. The van der Waals surface area contributed by atoms with Crippen LogP contribution in [-0.4, -0.2) is 0 Å². The van der Waals surface area contributed by atoms with Crippen molar-refractivity contribution in [3.63, 3.8) is 0 Å². The zero-order valence-corrected chi connectivity index (χ0v) is 10.0. The van der Waals surface area contributed by atoms with E-state index in [4.69, 9.17) is 0 Å². The van der Waals surface area contributed by atoms with Crippen LogP contribution in [0.4, 0.5) is 0 Å². The summed E-state index contributed by atoms with van der Waals surface area (Å²) in [6.07, 6.45) is 12.1. The Hall–Kier alpha value is -0.740. The zero-order valence-electron chi connectivity index (χ0n) is 10.0. The van der Waals surface area contributed by atoms with Crippen LogP contribution < -0.4 is 0 Å². The minimum atomic E-state index is 0.911. The Kier molecular flexibility index (Phi) is 1.16. The maximum absolute atomic E-state index is 3.61. The molecule has 4 fully saturated rings. The molecule has 86 valence electrons. The first-order valence-electron chi connectivity index (χ1n) is 7.56. The quantitative estimate of drug-likeness (QED) is 0.335. The summed E-state index contributed by atoms with van der Waals surface area (Å²) >= 11 is 0. The molecular formula is C17H18. The number of hydrogen-bond donors (Lipinski definition) is 0. The van der Waals surface area contributed by atoms with E-state index in [1.807, 2.05) is 0 Å². The van der Waals surface area contributed by atoms with Crippen molar-refractivity contribution in [3.8, 4) is 0 Å². The van der Waals surface area contributed by atoms with Gasteiger partial charge in [-0.3, -0.25) is 0 Å². The number of allylic oxidation sites excluding steroid dienone is 3. The molecule has 0 aromatic heterocycles. The molecule has 0 aromatic rings. The van der Waals surface area contributed by atoms with E-state index in [2.05, 4.69) is 24.0 Å². The molecule has 0 aliphatic heterocycles. The van der Waals surface area contributed by atoms with Gasteiger partial charge in [0.05, 0.1) is 0 Å². The average Bonchev–Trinajstić information content (AvgIpc) is 3.14. The van der Waals surface area contributed by atoms with Crippen molar-refractivity contribution < 1.29 is 0 Å². The van der Waals surface area contributed by atoms with E-state index >= 15 is 0 Å². The molecule has 0 heteroatoms. The Morgan fingerprint density at radius 3 is 2.59 bits per heavy atom. The second kappa shape index (κ2) is 2.36. The lowest BCUT2D eigenvalue weighted by atomic mass is 9.63. The lowest BCUT2D eigenvalue weighted by Crippen LogP contribution is -2.37. The van der Waals surface area contributed by atoms with Crippen LogP contribution in [0.15, 0.2) is 29.5 Å². The van der Waals surface area contributed by atoms with Gasteiger partial charge in [0, 0.05) is 0 Å². The minimum Gasteiger partial charge on any atom is -0.125 e. The lowest BCUT2D eigenvalue weighted by molar-refractivity contribution is 0.104. The molecule has 17 heavy (non-hydrogen) atoms. The molecule has 0 N–H and O–H groups in total. The monoisotopic (exact) mass is 222 g/mol. The molecule has 0 spiro atoms. The molecule has 0 aromatic carbocycles. The first-order valence-corrected chi connectivity index (χ1v) is 7.56. The SMILES string of the molecule is C1=CC2CC=1C1C3CC(C21)C1C2C=CC(C2)C31. The summed E-state index contributed by atoms with van der Waals surface area (Å²) in [5.41, 5.74) is 5.34. The third-order valence-electron chi connectivity index (χ3n) is 7.32. The van der Waals surface area contributed by atoms with Crippen LogP contribution in [-0.2, 0) is 0 Å². The van der Waals surface area contributed by atoms with E-state index in [9.17, 15) is 0 Å². The molecule has 0 nitrogen and oxygen atoms in total. The van der Waals surface area contributed by atoms with Crippen LogP contribution in [0.5, 0.6) is 0 Å². The Bertz CT molecular complexity index is 514. The van der Waals surface area contributed by atoms with Crippen molar-refractivity contribution in [2.75, 3.05) is 0 Å². The van der Waals surface area contributed by atoms with Gasteiger partial charge < -0.3 is 0 Å².